The van der Waals surface area contributed by atoms with E-state index < -0.39 is 0 Å². The first-order valence-corrected chi connectivity index (χ1v) is 9.61. The predicted molar refractivity (Wildman–Crippen MR) is 95.6 cm³/mol. The Bertz CT molecular complexity index is 702. The van der Waals surface area contributed by atoms with Gasteiger partial charge in [0, 0.05) is 22.9 Å². The highest BCUT2D eigenvalue weighted by atomic mass is 79.9. The summed E-state index contributed by atoms with van der Waals surface area (Å²) in [5.41, 5.74) is 0.455. The zero-order chi connectivity index (χ0) is 16.2. The maximum atomic E-state index is 12.3. The Morgan fingerprint density at radius 1 is 1.43 bits per heavy atom. The molecule has 0 spiro atoms. The lowest BCUT2D eigenvalue weighted by molar-refractivity contribution is 0.1000. The monoisotopic (exact) mass is 414 g/mol. The van der Waals surface area contributed by atoms with Gasteiger partial charge in [-0.1, -0.05) is 11.3 Å². The van der Waals surface area contributed by atoms with Crippen molar-refractivity contribution in [1.29, 1.82) is 0 Å². The van der Waals surface area contributed by atoms with E-state index >= 15 is 0 Å². The molecule has 1 amide bonds. The summed E-state index contributed by atoms with van der Waals surface area (Å²) in [6, 6.07) is 4.54. The van der Waals surface area contributed by atoms with Crippen LogP contribution in [0.1, 0.15) is 23.2 Å². The van der Waals surface area contributed by atoms with E-state index in [4.69, 9.17) is 4.74 Å². The van der Waals surface area contributed by atoms with E-state index in [-0.39, 0.29) is 11.7 Å². The number of phenols is 1. The van der Waals surface area contributed by atoms with Crippen LogP contribution in [0.4, 0.5) is 5.13 Å². The first-order valence-electron chi connectivity index (χ1n) is 7.12. The Hall–Kier alpha value is -1.09. The molecule has 23 heavy (non-hydrogen) atoms. The van der Waals surface area contributed by atoms with Gasteiger partial charge in [0.25, 0.3) is 5.91 Å². The van der Waals surface area contributed by atoms with Gasteiger partial charge in [-0.05, 0) is 47.0 Å². The van der Waals surface area contributed by atoms with Gasteiger partial charge in [0.2, 0.25) is 0 Å². The summed E-state index contributed by atoms with van der Waals surface area (Å²) in [5.74, 6) is -0.147. The van der Waals surface area contributed by atoms with Crippen molar-refractivity contribution < 1.29 is 14.6 Å². The van der Waals surface area contributed by atoms with E-state index in [0.29, 0.717) is 20.4 Å². The van der Waals surface area contributed by atoms with Crippen molar-refractivity contribution in [3.8, 4) is 5.75 Å². The van der Waals surface area contributed by atoms with E-state index in [1.54, 1.807) is 24.0 Å². The number of benzene rings is 1. The number of thioether (sulfide) groups is 1. The molecule has 3 rings (SSSR count). The molecule has 0 aliphatic carbocycles. The number of nitrogens with zero attached hydrogens (tertiary/aromatic N) is 1. The third-order valence-corrected chi connectivity index (χ3v) is 6.40. The van der Waals surface area contributed by atoms with Crippen LogP contribution in [0.3, 0.4) is 0 Å². The molecule has 1 aromatic heterocycles. The molecule has 8 heteroatoms. The van der Waals surface area contributed by atoms with Crippen LogP contribution in [-0.4, -0.2) is 34.5 Å². The highest BCUT2D eigenvalue weighted by Gasteiger charge is 2.17. The average Bonchev–Trinajstić information content (AvgIpc) is 2.95. The standard InChI is InChI=1S/C15H15BrN2O3S2/c16-12-7-9(19)1-2-11(12)14(20)18-15-17-8-13(23-15)22-10-3-5-21-6-4-10/h1-2,7-8,10,19H,3-6H2,(H,17,18,20). The highest BCUT2D eigenvalue weighted by Crippen LogP contribution is 2.35. The fraction of sp³-hybridized carbons (Fsp3) is 0.333. The summed E-state index contributed by atoms with van der Waals surface area (Å²) < 4.78 is 7.00. The van der Waals surface area contributed by atoms with E-state index in [1.807, 2.05) is 0 Å². The number of halogens is 1. The maximum Gasteiger partial charge on any atom is 0.258 e. The van der Waals surface area contributed by atoms with Crippen LogP contribution in [0.2, 0.25) is 0 Å². The predicted octanol–water partition coefficient (Wildman–Crippen LogP) is 4.13. The number of phenolic OH excluding ortho intramolecular Hbond substituents is 1. The molecule has 0 saturated carbocycles. The van der Waals surface area contributed by atoms with Crippen LogP contribution in [0.5, 0.6) is 5.75 Å². The van der Waals surface area contributed by atoms with Crippen LogP contribution in [0.25, 0.3) is 0 Å². The summed E-state index contributed by atoms with van der Waals surface area (Å²) in [6.07, 6.45) is 3.89. The Morgan fingerprint density at radius 2 is 2.22 bits per heavy atom. The lowest BCUT2D eigenvalue weighted by atomic mass is 10.2. The summed E-state index contributed by atoms with van der Waals surface area (Å²) in [5, 5.41) is 13.3. The summed E-state index contributed by atoms with van der Waals surface area (Å²) in [7, 11) is 0. The minimum Gasteiger partial charge on any atom is -0.508 e. The first-order chi connectivity index (χ1) is 11.1. The molecule has 0 bridgehead atoms. The Balaban J connectivity index is 1.62. The molecule has 2 heterocycles. The number of ether oxygens (including phenoxy) is 1. The molecular weight excluding hydrogens is 400 g/mol. The van der Waals surface area contributed by atoms with Crippen molar-refractivity contribution in [1.82, 2.24) is 4.98 Å². The van der Waals surface area contributed by atoms with Crippen molar-refractivity contribution in [2.45, 2.75) is 22.3 Å². The number of thiazole rings is 1. The van der Waals surface area contributed by atoms with E-state index in [2.05, 4.69) is 26.2 Å². The number of rotatable bonds is 4. The first kappa shape index (κ1) is 16.8. The minimum absolute atomic E-state index is 0.109. The van der Waals surface area contributed by atoms with Crippen LogP contribution in [0.15, 0.2) is 33.1 Å². The Kier molecular flexibility index (Phi) is 5.58. The molecule has 122 valence electrons. The normalized spacial score (nSPS) is 15.5. The fourth-order valence-corrected chi connectivity index (χ4v) is 4.98. The third kappa shape index (κ3) is 4.47. The van der Waals surface area contributed by atoms with Gasteiger partial charge in [0.05, 0.1) is 16.0 Å². The van der Waals surface area contributed by atoms with E-state index in [1.165, 1.54) is 23.5 Å². The average molecular weight is 415 g/mol. The van der Waals surface area contributed by atoms with Crippen molar-refractivity contribution >= 4 is 50.1 Å². The van der Waals surface area contributed by atoms with Gasteiger partial charge in [0.1, 0.15) is 5.75 Å². The number of carbonyl (C=O) groups is 1. The molecule has 1 aliphatic heterocycles. The van der Waals surface area contributed by atoms with Crippen LogP contribution in [0, 0.1) is 0 Å². The Labute approximate surface area is 150 Å². The molecule has 0 atom stereocenters. The zero-order valence-corrected chi connectivity index (χ0v) is 15.3. The van der Waals surface area contributed by atoms with Gasteiger partial charge in [-0.15, -0.1) is 11.8 Å². The molecule has 5 nitrogen and oxygen atoms in total. The maximum absolute atomic E-state index is 12.3. The number of hydrogen-bond acceptors (Lipinski definition) is 6. The van der Waals surface area contributed by atoms with Gasteiger partial charge in [-0.25, -0.2) is 4.98 Å². The smallest absolute Gasteiger partial charge is 0.258 e. The van der Waals surface area contributed by atoms with Gasteiger partial charge < -0.3 is 9.84 Å². The van der Waals surface area contributed by atoms with Crippen LogP contribution >= 0.6 is 39.0 Å². The molecular formula is C15H15BrN2O3S2. The molecule has 1 aromatic carbocycles. The summed E-state index contributed by atoms with van der Waals surface area (Å²) in [6.45, 7) is 1.63. The Morgan fingerprint density at radius 3 is 2.96 bits per heavy atom. The van der Waals surface area contributed by atoms with E-state index in [9.17, 15) is 9.90 Å². The molecule has 1 saturated heterocycles. The van der Waals surface area contributed by atoms with Crippen molar-refractivity contribution in [3.63, 3.8) is 0 Å². The fourth-order valence-electron chi connectivity index (χ4n) is 2.18. The molecule has 0 radical (unpaired) electrons. The zero-order valence-electron chi connectivity index (χ0n) is 12.1. The summed E-state index contributed by atoms with van der Waals surface area (Å²) in [4.78, 5) is 16.5. The minimum atomic E-state index is -0.256. The second-order valence-corrected chi connectivity index (χ2v) is 8.52. The van der Waals surface area contributed by atoms with E-state index in [0.717, 1.165) is 30.3 Å². The number of anilines is 1. The lowest BCUT2D eigenvalue weighted by Crippen LogP contribution is -2.17. The summed E-state index contributed by atoms with van der Waals surface area (Å²) >= 11 is 6.55. The molecule has 1 aliphatic rings. The van der Waals surface area contributed by atoms with Crippen LogP contribution < -0.4 is 5.32 Å². The van der Waals surface area contributed by atoms with Crippen molar-refractivity contribution in [3.05, 3.63) is 34.4 Å². The molecule has 2 N–H and O–H groups in total. The quantitative estimate of drug-likeness (QED) is 0.786. The number of nitrogens with one attached hydrogen (secondary N) is 1. The highest BCUT2D eigenvalue weighted by molar-refractivity contribution is 9.10. The largest absolute Gasteiger partial charge is 0.508 e. The third-order valence-electron chi connectivity index (χ3n) is 3.35. The van der Waals surface area contributed by atoms with Crippen molar-refractivity contribution in [2.75, 3.05) is 18.5 Å². The second-order valence-electron chi connectivity index (χ2n) is 5.03. The van der Waals surface area contributed by atoms with Gasteiger partial charge in [-0.2, -0.15) is 0 Å². The number of amides is 1. The van der Waals surface area contributed by atoms with Crippen molar-refractivity contribution in [2.24, 2.45) is 0 Å². The SMILES string of the molecule is O=C(Nc1ncc(SC2CCOCC2)s1)c1ccc(O)cc1Br. The van der Waals surface area contributed by atoms with Gasteiger partial charge in [-0.3, -0.25) is 10.1 Å². The lowest BCUT2D eigenvalue weighted by Gasteiger charge is -2.20. The number of aromatic nitrogens is 1. The molecule has 2 aromatic rings. The van der Waals surface area contributed by atoms with Gasteiger partial charge in [0.15, 0.2) is 5.13 Å². The second kappa shape index (κ2) is 7.65. The van der Waals surface area contributed by atoms with Crippen LogP contribution in [-0.2, 0) is 4.74 Å². The van der Waals surface area contributed by atoms with Gasteiger partial charge >= 0.3 is 0 Å². The number of aromatic hydroxyl groups is 1. The number of carbonyl (C=O) groups excluding carboxylic acids is 1. The topological polar surface area (TPSA) is 71.5 Å². The molecule has 0 unspecified atom stereocenters. The number of hydrogen-bond donors (Lipinski definition) is 2. The molecule has 1 fully saturated rings.